The van der Waals surface area contributed by atoms with Crippen LogP contribution in [-0.4, -0.2) is 57.9 Å². The number of pyridine rings is 1. The fourth-order valence-corrected chi connectivity index (χ4v) is 4.65. The molecule has 30 heavy (non-hydrogen) atoms. The number of carbonyl (C=O) groups is 1. The first-order chi connectivity index (χ1) is 14.4. The van der Waals surface area contributed by atoms with Crippen LogP contribution in [-0.2, 0) is 9.53 Å². The van der Waals surface area contributed by atoms with Crippen LogP contribution >= 0.6 is 24.0 Å². The van der Waals surface area contributed by atoms with Crippen LogP contribution in [0.2, 0.25) is 0 Å². The number of aryl methyl sites for hydroxylation is 1. The van der Waals surface area contributed by atoms with Gasteiger partial charge < -0.3 is 9.64 Å². The maximum Gasteiger partial charge on any atom is 0.267 e. The normalized spacial score (nSPS) is 15.6. The van der Waals surface area contributed by atoms with Crippen LogP contribution < -0.4 is 10.5 Å². The second kappa shape index (κ2) is 9.72. The SMILES string of the molecule is CCCN(CC)c1nc2c(C)cccn2c(=O)c1C=C1SC(=S)N(CCOC)C1=O. The summed E-state index contributed by atoms with van der Waals surface area (Å²) < 4.78 is 7.08. The van der Waals surface area contributed by atoms with Crippen molar-refractivity contribution in [3.8, 4) is 0 Å². The molecule has 0 bridgehead atoms. The fraction of sp³-hybridized carbons (Fsp3) is 0.429. The van der Waals surface area contributed by atoms with E-state index in [4.69, 9.17) is 21.9 Å². The Hall–Kier alpha value is -2.23. The van der Waals surface area contributed by atoms with E-state index in [1.165, 1.54) is 21.1 Å². The number of thioether (sulfide) groups is 1. The number of anilines is 1. The summed E-state index contributed by atoms with van der Waals surface area (Å²) in [5, 5.41) is 0. The number of aromatic nitrogens is 2. The summed E-state index contributed by atoms with van der Waals surface area (Å²) in [5.41, 5.74) is 1.74. The third-order valence-corrected chi connectivity index (χ3v) is 6.28. The number of thiocarbonyl (C=S) groups is 1. The molecule has 1 aliphatic rings. The number of hydrogen-bond donors (Lipinski definition) is 0. The smallest absolute Gasteiger partial charge is 0.267 e. The Morgan fingerprint density at radius 2 is 2.10 bits per heavy atom. The largest absolute Gasteiger partial charge is 0.383 e. The lowest BCUT2D eigenvalue weighted by Gasteiger charge is -2.23. The van der Waals surface area contributed by atoms with Gasteiger partial charge in [-0.1, -0.05) is 37.0 Å². The van der Waals surface area contributed by atoms with Crippen molar-refractivity contribution < 1.29 is 9.53 Å². The Morgan fingerprint density at radius 1 is 1.33 bits per heavy atom. The summed E-state index contributed by atoms with van der Waals surface area (Å²) in [4.78, 5) is 35.2. The van der Waals surface area contributed by atoms with Crippen LogP contribution in [0.25, 0.3) is 11.7 Å². The molecule has 1 saturated heterocycles. The minimum Gasteiger partial charge on any atom is -0.383 e. The van der Waals surface area contributed by atoms with Gasteiger partial charge in [0.05, 0.1) is 23.6 Å². The summed E-state index contributed by atoms with van der Waals surface area (Å²) in [5.74, 6) is 0.390. The van der Waals surface area contributed by atoms with Crippen molar-refractivity contribution in [2.45, 2.75) is 27.2 Å². The molecule has 1 aliphatic heterocycles. The molecule has 0 saturated carbocycles. The standard InChI is InChI=1S/C21H26N4O3S2/c1-5-9-23(6-2)18-15(19(26)24-10-7-8-14(3)17(24)22-18)13-16-20(27)25(11-12-28-4)21(29)30-16/h7-8,10,13H,5-6,9,11-12H2,1-4H3. The van der Waals surface area contributed by atoms with Crippen LogP contribution in [0.1, 0.15) is 31.4 Å². The molecule has 0 atom stereocenters. The first-order valence-electron chi connectivity index (χ1n) is 9.94. The van der Waals surface area contributed by atoms with Crippen molar-refractivity contribution >= 4 is 51.7 Å². The van der Waals surface area contributed by atoms with Crippen LogP contribution in [0.4, 0.5) is 5.82 Å². The molecule has 7 nitrogen and oxygen atoms in total. The number of methoxy groups -OCH3 is 1. The van der Waals surface area contributed by atoms with E-state index in [9.17, 15) is 9.59 Å². The van der Waals surface area contributed by atoms with Crippen LogP contribution in [0.5, 0.6) is 0 Å². The van der Waals surface area contributed by atoms with Crippen molar-refractivity contribution in [2.75, 3.05) is 38.3 Å². The van der Waals surface area contributed by atoms with E-state index in [0.29, 0.717) is 46.0 Å². The predicted octanol–water partition coefficient (Wildman–Crippen LogP) is 3.09. The Morgan fingerprint density at radius 3 is 2.77 bits per heavy atom. The molecule has 0 radical (unpaired) electrons. The number of amides is 1. The molecule has 1 fully saturated rings. The minimum atomic E-state index is -0.208. The van der Waals surface area contributed by atoms with Gasteiger partial charge in [-0.3, -0.25) is 18.9 Å². The number of nitrogens with zero attached hydrogens (tertiary/aromatic N) is 4. The fourth-order valence-electron chi connectivity index (χ4n) is 3.36. The number of rotatable bonds is 8. The van der Waals surface area contributed by atoms with Crippen molar-refractivity contribution in [3.63, 3.8) is 0 Å². The highest BCUT2D eigenvalue weighted by molar-refractivity contribution is 8.26. The second-order valence-corrected chi connectivity index (χ2v) is 8.62. The van der Waals surface area contributed by atoms with E-state index < -0.39 is 0 Å². The Bertz CT molecular complexity index is 1060. The zero-order chi connectivity index (χ0) is 21.8. The van der Waals surface area contributed by atoms with Gasteiger partial charge in [0.15, 0.2) is 0 Å². The first kappa shape index (κ1) is 22.5. The molecule has 3 rings (SSSR count). The number of fused-ring (bicyclic) bond motifs is 1. The average molecular weight is 447 g/mol. The second-order valence-electron chi connectivity index (χ2n) is 6.94. The lowest BCUT2D eigenvalue weighted by molar-refractivity contribution is -0.122. The van der Waals surface area contributed by atoms with Crippen molar-refractivity contribution in [2.24, 2.45) is 0 Å². The average Bonchev–Trinajstić information content (AvgIpc) is 3.00. The van der Waals surface area contributed by atoms with E-state index in [1.54, 1.807) is 19.4 Å². The van der Waals surface area contributed by atoms with Gasteiger partial charge in [0.2, 0.25) is 0 Å². The van der Waals surface area contributed by atoms with E-state index >= 15 is 0 Å². The zero-order valence-electron chi connectivity index (χ0n) is 17.7. The molecular weight excluding hydrogens is 420 g/mol. The molecule has 2 aromatic rings. The Kier molecular flexibility index (Phi) is 7.27. The lowest BCUT2D eigenvalue weighted by atomic mass is 10.2. The summed E-state index contributed by atoms with van der Waals surface area (Å²) in [6.45, 7) is 8.30. The molecule has 0 aliphatic carbocycles. The van der Waals surface area contributed by atoms with Gasteiger partial charge in [0, 0.05) is 26.4 Å². The Balaban J connectivity index is 2.18. The number of hydrogen-bond acceptors (Lipinski definition) is 7. The summed E-state index contributed by atoms with van der Waals surface area (Å²) >= 11 is 6.57. The topological polar surface area (TPSA) is 67.2 Å². The molecule has 9 heteroatoms. The summed E-state index contributed by atoms with van der Waals surface area (Å²) in [6, 6.07) is 3.75. The molecule has 0 spiro atoms. The van der Waals surface area contributed by atoms with Gasteiger partial charge in [0.1, 0.15) is 15.8 Å². The van der Waals surface area contributed by atoms with Crippen molar-refractivity contribution in [1.82, 2.24) is 14.3 Å². The molecule has 0 aromatic carbocycles. The van der Waals surface area contributed by atoms with E-state index in [2.05, 4.69) is 11.8 Å². The number of ether oxygens (including phenoxy) is 1. The summed E-state index contributed by atoms with van der Waals surface area (Å²) in [6.07, 6.45) is 4.27. The highest BCUT2D eigenvalue weighted by atomic mass is 32.2. The predicted molar refractivity (Wildman–Crippen MR) is 126 cm³/mol. The van der Waals surface area contributed by atoms with Gasteiger partial charge in [-0.2, -0.15) is 0 Å². The van der Waals surface area contributed by atoms with Crippen LogP contribution in [0.3, 0.4) is 0 Å². The molecular formula is C21H26N4O3S2. The van der Waals surface area contributed by atoms with E-state index in [0.717, 1.165) is 18.5 Å². The third kappa shape index (κ3) is 4.28. The quantitative estimate of drug-likeness (QED) is 0.456. The van der Waals surface area contributed by atoms with E-state index in [1.807, 2.05) is 26.0 Å². The molecule has 3 heterocycles. The van der Waals surface area contributed by atoms with Crippen molar-refractivity contribution in [1.29, 1.82) is 0 Å². The molecule has 0 unspecified atom stereocenters. The first-order valence-corrected chi connectivity index (χ1v) is 11.2. The minimum absolute atomic E-state index is 0.199. The number of carbonyl (C=O) groups excluding carboxylic acids is 1. The lowest BCUT2D eigenvalue weighted by Crippen LogP contribution is -2.31. The van der Waals surface area contributed by atoms with Gasteiger partial charge in [-0.25, -0.2) is 4.98 Å². The maximum atomic E-state index is 13.4. The highest BCUT2D eigenvalue weighted by Crippen LogP contribution is 2.33. The maximum absolute atomic E-state index is 13.4. The molecule has 2 aromatic heterocycles. The van der Waals surface area contributed by atoms with Gasteiger partial charge >= 0.3 is 0 Å². The zero-order valence-corrected chi connectivity index (χ0v) is 19.3. The van der Waals surface area contributed by atoms with Gasteiger partial charge in [-0.05, 0) is 38.0 Å². The van der Waals surface area contributed by atoms with Crippen LogP contribution in [0, 0.1) is 6.92 Å². The Labute approximate surface area is 185 Å². The van der Waals surface area contributed by atoms with E-state index in [-0.39, 0.29) is 11.5 Å². The molecule has 1 amide bonds. The monoisotopic (exact) mass is 446 g/mol. The van der Waals surface area contributed by atoms with Crippen molar-refractivity contribution in [3.05, 3.63) is 44.7 Å². The highest BCUT2D eigenvalue weighted by Gasteiger charge is 2.32. The summed E-state index contributed by atoms with van der Waals surface area (Å²) in [7, 11) is 1.58. The third-order valence-electron chi connectivity index (χ3n) is 4.91. The molecule has 0 N–H and O–H groups in total. The molecule has 160 valence electrons. The van der Waals surface area contributed by atoms with Gasteiger partial charge in [-0.15, -0.1) is 0 Å². The van der Waals surface area contributed by atoms with Crippen LogP contribution in [0.15, 0.2) is 28.0 Å². The van der Waals surface area contributed by atoms with Gasteiger partial charge in [0.25, 0.3) is 11.5 Å².